The maximum absolute atomic E-state index is 13.6. The smallest absolute Gasteiger partial charge is 0.165 e. The van der Waals surface area contributed by atoms with Crippen LogP contribution in [-0.2, 0) is 0 Å². The van der Waals surface area contributed by atoms with Gasteiger partial charge in [-0.15, -0.1) is 11.3 Å². The third kappa shape index (κ3) is 2.31. The molecule has 0 amide bonds. The Bertz CT molecular complexity index is 566. The van der Waals surface area contributed by atoms with Crippen molar-refractivity contribution in [2.24, 2.45) is 0 Å². The van der Waals surface area contributed by atoms with E-state index in [-0.39, 0.29) is 5.75 Å². The summed E-state index contributed by atoms with van der Waals surface area (Å²) in [5.41, 5.74) is 7.25. The molecule has 2 aromatic rings. The fourth-order valence-electron chi connectivity index (χ4n) is 1.62. The second kappa shape index (κ2) is 4.94. The number of hydrogen-bond donors (Lipinski definition) is 1. The molecule has 18 heavy (non-hydrogen) atoms. The summed E-state index contributed by atoms with van der Waals surface area (Å²) in [5.74, 6) is 0.124. The molecular weight excluding hydrogens is 251 g/mol. The number of rotatable bonds is 3. The van der Waals surface area contributed by atoms with Crippen LogP contribution < -0.4 is 10.5 Å². The summed E-state index contributed by atoms with van der Waals surface area (Å²) in [6.07, 6.45) is 0. The van der Waals surface area contributed by atoms with Gasteiger partial charge in [-0.2, -0.15) is 0 Å². The number of aromatic nitrogens is 1. The number of benzene rings is 1. The first-order chi connectivity index (χ1) is 8.52. The van der Waals surface area contributed by atoms with Crippen LogP contribution in [0.3, 0.4) is 0 Å². The first-order valence-corrected chi connectivity index (χ1v) is 6.44. The molecule has 5 heteroatoms. The lowest BCUT2D eigenvalue weighted by atomic mass is 10.1. The van der Waals surface area contributed by atoms with E-state index in [0.717, 1.165) is 5.01 Å². The summed E-state index contributed by atoms with van der Waals surface area (Å²) in [6, 6.07) is 4.74. The standard InChI is InChI=1S/C13H15FN2OS/c1-7(2)13-16-11(12(15)18-13)8-4-5-10(17-3)9(14)6-8/h4-7H,15H2,1-3H3. The molecule has 0 aliphatic carbocycles. The van der Waals surface area contributed by atoms with E-state index < -0.39 is 5.82 Å². The second-order valence-electron chi connectivity index (χ2n) is 4.27. The fourth-order valence-corrected chi connectivity index (χ4v) is 2.47. The lowest BCUT2D eigenvalue weighted by Gasteiger charge is -2.04. The molecule has 1 heterocycles. The highest BCUT2D eigenvalue weighted by molar-refractivity contribution is 7.16. The van der Waals surface area contributed by atoms with Gasteiger partial charge in [0.25, 0.3) is 0 Å². The molecule has 96 valence electrons. The largest absolute Gasteiger partial charge is 0.494 e. The summed E-state index contributed by atoms with van der Waals surface area (Å²) in [4.78, 5) is 4.46. The third-order valence-corrected chi connectivity index (χ3v) is 3.77. The van der Waals surface area contributed by atoms with Gasteiger partial charge in [0.1, 0.15) is 10.7 Å². The van der Waals surface area contributed by atoms with Crippen molar-refractivity contribution in [2.45, 2.75) is 19.8 Å². The topological polar surface area (TPSA) is 48.1 Å². The Morgan fingerprint density at radius 3 is 2.61 bits per heavy atom. The summed E-state index contributed by atoms with van der Waals surface area (Å²) in [7, 11) is 1.44. The molecule has 0 aliphatic heterocycles. The number of nitrogens with zero attached hydrogens (tertiary/aromatic N) is 1. The number of nitrogens with two attached hydrogens (primary N) is 1. The average Bonchev–Trinajstić information content (AvgIpc) is 2.71. The predicted octanol–water partition coefficient (Wildman–Crippen LogP) is 3.66. The summed E-state index contributed by atoms with van der Waals surface area (Å²) < 4.78 is 18.5. The summed E-state index contributed by atoms with van der Waals surface area (Å²) >= 11 is 1.45. The van der Waals surface area contributed by atoms with Gasteiger partial charge in [0, 0.05) is 11.5 Å². The van der Waals surface area contributed by atoms with Crippen LogP contribution in [0.15, 0.2) is 18.2 Å². The van der Waals surface area contributed by atoms with E-state index in [2.05, 4.69) is 18.8 Å². The maximum Gasteiger partial charge on any atom is 0.165 e. The van der Waals surface area contributed by atoms with Gasteiger partial charge in [-0.1, -0.05) is 13.8 Å². The molecule has 0 unspecified atom stereocenters. The minimum absolute atomic E-state index is 0.219. The van der Waals surface area contributed by atoms with Crippen molar-refractivity contribution in [1.29, 1.82) is 0 Å². The SMILES string of the molecule is COc1ccc(-c2nc(C(C)C)sc2N)cc1F. The highest BCUT2D eigenvalue weighted by Crippen LogP contribution is 2.35. The van der Waals surface area contributed by atoms with E-state index in [1.807, 2.05) is 0 Å². The first kappa shape index (κ1) is 12.8. The van der Waals surface area contributed by atoms with Crippen molar-refractivity contribution in [3.8, 4) is 17.0 Å². The van der Waals surface area contributed by atoms with Crippen molar-refractivity contribution >= 4 is 16.3 Å². The number of ether oxygens (including phenoxy) is 1. The Balaban J connectivity index is 2.45. The zero-order chi connectivity index (χ0) is 13.3. The van der Waals surface area contributed by atoms with E-state index in [0.29, 0.717) is 22.2 Å². The lowest BCUT2D eigenvalue weighted by Crippen LogP contribution is -1.91. The highest BCUT2D eigenvalue weighted by Gasteiger charge is 2.14. The Kier molecular flexibility index (Phi) is 3.52. The van der Waals surface area contributed by atoms with Crippen LogP contribution >= 0.6 is 11.3 Å². The van der Waals surface area contributed by atoms with Gasteiger partial charge in [-0.25, -0.2) is 9.37 Å². The van der Waals surface area contributed by atoms with Crippen molar-refractivity contribution < 1.29 is 9.13 Å². The number of thiazole rings is 1. The van der Waals surface area contributed by atoms with Crippen LogP contribution in [0.2, 0.25) is 0 Å². The molecule has 0 radical (unpaired) electrons. The monoisotopic (exact) mass is 266 g/mol. The van der Waals surface area contributed by atoms with Gasteiger partial charge >= 0.3 is 0 Å². The molecule has 1 aromatic carbocycles. The van der Waals surface area contributed by atoms with Gasteiger partial charge in [0.15, 0.2) is 11.6 Å². The van der Waals surface area contributed by atoms with Crippen LogP contribution in [0.5, 0.6) is 5.75 Å². The molecule has 0 bridgehead atoms. The number of methoxy groups -OCH3 is 1. The van der Waals surface area contributed by atoms with E-state index in [1.54, 1.807) is 12.1 Å². The predicted molar refractivity (Wildman–Crippen MR) is 72.6 cm³/mol. The van der Waals surface area contributed by atoms with Crippen LogP contribution in [0.25, 0.3) is 11.3 Å². The van der Waals surface area contributed by atoms with Gasteiger partial charge in [0.2, 0.25) is 0 Å². The molecule has 1 aromatic heterocycles. The minimum Gasteiger partial charge on any atom is -0.494 e. The fraction of sp³-hybridized carbons (Fsp3) is 0.308. The molecule has 0 atom stereocenters. The highest BCUT2D eigenvalue weighted by atomic mass is 32.1. The molecular formula is C13H15FN2OS. The zero-order valence-electron chi connectivity index (χ0n) is 10.5. The average molecular weight is 266 g/mol. The quantitative estimate of drug-likeness (QED) is 0.922. The second-order valence-corrected chi connectivity index (χ2v) is 5.33. The maximum atomic E-state index is 13.6. The van der Waals surface area contributed by atoms with E-state index in [1.165, 1.54) is 24.5 Å². The van der Waals surface area contributed by atoms with Gasteiger partial charge in [0.05, 0.1) is 12.1 Å². The van der Waals surface area contributed by atoms with Crippen LogP contribution in [0.1, 0.15) is 24.8 Å². The van der Waals surface area contributed by atoms with Crippen molar-refractivity contribution in [3.63, 3.8) is 0 Å². The van der Waals surface area contributed by atoms with E-state index >= 15 is 0 Å². The van der Waals surface area contributed by atoms with Crippen molar-refractivity contribution in [1.82, 2.24) is 4.98 Å². The number of hydrogen-bond acceptors (Lipinski definition) is 4. The Morgan fingerprint density at radius 1 is 1.39 bits per heavy atom. The van der Waals surface area contributed by atoms with Crippen LogP contribution in [0.4, 0.5) is 9.39 Å². The Labute approximate surface area is 109 Å². The first-order valence-electron chi connectivity index (χ1n) is 5.63. The van der Waals surface area contributed by atoms with Crippen LogP contribution in [0, 0.1) is 5.82 Å². The van der Waals surface area contributed by atoms with Gasteiger partial charge in [-0.05, 0) is 18.2 Å². The molecule has 0 aliphatic rings. The normalized spacial score (nSPS) is 10.9. The molecule has 0 saturated carbocycles. The van der Waals surface area contributed by atoms with Gasteiger partial charge in [-0.3, -0.25) is 0 Å². The minimum atomic E-state index is -0.409. The number of halogens is 1. The third-order valence-electron chi connectivity index (χ3n) is 2.59. The summed E-state index contributed by atoms with van der Waals surface area (Å²) in [6.45, 7) is 4.10. The van der Waals surface area contributed by atoms with Crippen molar-refractivity contribution in [2.75, 3.05) is 12.8 Å². The molecule has 2 rings (SSSR count). The molecule has 0 saturated heterocycles. The van der Waals surface area contributed by atoms with E-state index in [9.17, 15) is 4.39 Å². The molecule has 0 fully saturated rings. The van der Waals surface area contributed by atoms with Gasteiger partial charge < -0.3 is 10.5 Å². The zero-order valence-corrected chi connectivity index (χ0v) is 11.3. The molecule has 0 spiro atoms. The summed E-state index contributed by atoms with van der Waals surface area (Å²) in [5, 5.41) is 1.57. The number of nitrogen functional groups attached to an aromatic ring is 1. The van der Waals surface area contributed by atoms with Crippen molar-refractivity contribution in [3.05, 3.63) is 29.0 Å². The molecule has 3 nitrogen and oxygen atoms in total. The lowest BCUT2D eigenvalue weighted by molar-refractivity contribution is 0.386. The Morgan fingerprint density at radius 2 is 2.11 bits per heavy atom. The molecule has 2 N–H and O–H groups in total. The Hall–Kier alpha value is -1.62. The van der Waals surface area contributed by atoms with Crippen LogP contribution in [-0.4, -0.2) is 12.1 Å². The number of anilines is 1. The van der Waals surface area contributed by atoms with E-state index in [4.69, 9.17) is 10.5 Å².